The summed E-state index contributed by atoms with van der Waals surface area (Å²) >= 11 is 0. The van der Waals surface area contributed by atoms with Gasteiger partial charge in [-0.3, -0.25) is 4.90 Å². The average Bonchev–Trinajstić information content (AvgIpc) is 3.33. The molecule has 2 bridgehead atoms. The zero-order valence-corrected chi connectivity index (χ0v) is 15.3. The van der Waals surface area contributed by atoms with Gasteiger partial charge in [-0.05, 0) is 44.4 Å². The standard InChI is InChI=1S/C17H26N4O2S/c1-12-18-7-16(24(2,22)23)17(19-12)21-10-14-5-6-15(11-21)20(9-14)8-13-3-4-13/h7,13-15H,3-6,8-11H2,1-2H3/t14-,15-/m0/s1. The molecule has 0 N–H and O–H groups in total. The van der Waals surface area contributed by atoms with Crippen LogP contribution in [0.25, 0.3) is 0 Å². The van der Waals surface area contributed by atoms with Crippen molar-refractivity contribution in [3.05, 3.63) is 12.0 Å². The van der Waals surface area contributed by atoms with Gasteiger partial charge in [-0.15, -0.1) is 0 Å². The summed E-state index contributed by atoms with van der Waals surface area (Å²) in [6.45, 7) is 5.97. The number of aromatic nitrogens is 2. The Kier molecular flexibility index (Phi) is 4.03. The van der Waals surface area contributed by atoms with E-state index >= 15 is 0 Å². The molecule has 1 saturated carbocycles. The van der Waals surface area contributed by atoms with Crippen molar-refractivity contribution in [1.82, 2.24) is 14.9 Å². The van der Waals surface area contributed by atoms with Crippen molar-refractivity contribution in [2.45, 2.75) is 43.5 Å². The summed E-state index contributed by atoms with van der Waals surface area (Å²) < 4.78 is 24.3. The summed E-state index contributed by atoms with van der Waals surface area (Å²) in [6.07, 6.45) is 7.92. The van der Waals surface area contributed by atoms with E-state index in [-0.39, 0.29) is 4.90 Å². The van der Waals surface area contributed by atoms with E-state index in [0.29, 0.717) is 23.6 Å². The number of anilines is 1. The molecule has 3 aliphatic heterocycles. The van der Waals surface area contributed by atoms with Crippen molar-refractivity contribution >= 4 is 15.7 Å². The van der Waals surface area contributed by atoms with Crippen molar-refractivity contribution in [3.63, 3.8) is 0 Å². The number of hydrogen-bond donors (Lipinski definition) is 0. The maximum Gasteiger partial charge on any atom is 0.180 e. The highest BCUT2D eigenvalue weighted by molar-refractivity contribution is 7.90. The molecule has 0 aromatic carbocycles. The molecule has 1 aromatic rings. The lowest BCUT2D eigenvalue weighted by Crippen LogP contribution is -2.45. The number of hydrogen-bond acceptors (Lipinski definition) is 6. The Bertz CT molecular complexity index is 732. The van der Waals surface area contributed by atoms with Crippen LogP contribution in [0.3, 0.4) is 0 Å². The Morgan fingerprint density at radius 2 is 1.96 bits per heavy atom. The Morgan fingerprint density at radius 1 is 1.17 bits per heavy atom. The zero-order chi connectivity index (χ0) is 16.9. The normalized spacial score (nSPS) is 28.2. The molecule has 0 radical (unpaired) electrons. The van der Waals surface area contributed by atoms with Gasteiger partial charge in [-0.1, -0.05) is 0 Å². The second kappa shape index (κ2) is 5.95. The molecule has 24 heavy (non-hydrogen) atoms. The van der Waals surface area contributed by atoms with Crippen molar-refractivity contribution in [1.29, 1.82) is 0 Å². The first-order valence-corrected chi connectivity index (χ1v) is 10.8. The van der Waals surface area contributed by atoms with Crippen molar-refractivity contribution in [2.75, 3.05) is 37.3 Å². The Balaban J connectivity index is 1.64. The Morgan fingerprint density at radius 3 is 2.67 bits per heavy atom. The van der Waals surface area contributed by atoms with Crippen LogP contribution in [-0.2, 0) is 9.84 Å². The number of nitrogens with zero attached hydrogens (tertiary/aromatic N) is 4. The van der Waals surface area contributed by atoms with Crippen LogP contribution in [-0.4, -0.2) is 61.8 Å². The molecule has 7 heteroatoms. The van der Waals surface area contributed by atoms with Crippen molar-refractivity contribution in [2.24, 2.45) is 11.8 Å². The SMILES string of the molecule is Cc1ncc(S(C)(=O)=O)c(N2C[C@H]3CC[C@@H](C2)N(CC2CC2)C3)n1. The minimum absolute atomic E-state index is 0.267. The number of piperidine rings is 1. The van der Waals surface area contributed by atoms with Crippen LogP contribution >= 0.6 is 0 Å². The maximum absolute atomic E-state index is 12.2. The molecule has 0 amide bonds. The average molecular weight is 350 g/mol. The molecular weight excluding hydrogens is 324 g/mol. The summed E-state index contributed by atoms with van der Waals surface area (Å²) in [7, 11) is -3.33. The van der Waals surface area contributed by atoms with Gasteiger partial charge in [0.2, 0.25) is 0 Å². The van der Waals surface area contributed by atoms with E-state index in [4.69, 9.17) is 0 Å². The summed E-state index contributed by atoms with van der Waals surface area (Å²) in [5.41, 5.74) is 0. The molecule has 0 spiro atoms. The first-order valence-electron chi connectivity index (χ1n) is 8.93. The predicted molar refractivity (Wildman–Crippen MR) is 92.9 cm³/mol. The first-order chi connectivity index (χ1) is 11.4. The van der Waals surface area contributed by atoms with E-state index in [9.17, 15) is 8.42 Å². The minimum atomic E-state index is -3.33. The number of fused-ring (bicyclic) bond motifs is 4. The van der Waals surface area contributed by atoms with Gasteiger partial charge < -0.3 is 4.90 Å². The summed E-state index contributed by atoms with van der Waals surface area (Å²) in [6, 6.07) is 0.520. The van der Waals surface area contributed by atoms with Gasteiger partial charge in [-0.25, -0.2) is 18.4 Å². The molecule has 1 aromatic heterocycles. The topological polar surface area (TPSA) is 66.4 Å². The van der Waals surface area contributed by atoms with E-state index in [1.54, 1.807) is 0 Å². The smallest absolute Gasteiger partial charge is 0.180 e. The third kappa shape index (κ3) is 3.28. The summed E-state index contributed by atoms with van der Waals surface area (Å²) in [5, 5.41) is 0. The second-order valence-corrected chi connectivity index (χ2v) is 9.76. The second-order valence-electron chi connectivity index (χ2n) is 7.78. The Labute approximate surface area is 144 Å². The summed E-state index contributed by atoms with van der Waals surface area (Å²) in [4.78, 5) is 13.8. The van der Waals surface area contributed by atoms with Gasteiger partial charge in [0.25, 0.3) is 0 Å². The molecule has 5 rings (SSSR count). The van der Waals surface area contributed by atoms with Gasteiger partial charge in [0.15, 0.2) is 15.7 Å². The fourth-order valence-corrected chi connectivity index (χ4v) is 4.89. The number of aryl methyl sites for hydroxylation is 1. The molecular formula is C17H26N4O2S. The molecule has 6 nitrogen and oxygen atoms in total. The van der Waals surface area contributed by atoms with Gasteiger partial charge in [-0.2, -0.15) is 0 Å². The Hall–Kier alpha value is -1.21. The molecule has 4 fully saturated rings. The van der Waals surface area contributed by atoms with Crippen LogP contribution in [0.15, 0.2) is 11.1 Å². The highest BCUT2D eigenvalue weighted by Crippen LogP contribution is 2.36. The number of sulfone groups is 1. The third-order valence-electron chi connectivity index (χ3n) is 5.57. The van der Waals surface area contributed by atoms with Crippen LogP contribution in [0.2, 0.25) is 0 Å². The van der Waals surface area contributed by atoms with E-state index in [0.717, 1.165) is 25.6 Å². The first kappa shape index (κ1) is 16.3. The van der Waals surface area contributed by atoms with Crippen molar-refractivity contribution in [3.8, 4) is 0 Å². The molecule has 4 aliphatic rings. The van der Waals surface area contributed by atoms with E-state index in [1.165, 1.54) is 44.7 Å². The molecule has 3 saturated heterocycles. The van der Waals surface area contributed by atoms with E-state index in [1.807, 2.05) is 6.92 Å². The minimum Gasteiger partial charge on any atom is -0.354 e. The highest BCUT2D eigenvalue weighted by atomic mass is 32.2. The van der Waals surface area contributed by atoms with Crippen LogP contribution in [0, 0.1) is 18.8 Å². The third-order valence-corrected chi connectivity index (χ3v) is 6.66. The van der Waals surface area contributed by atoms with Crippen LogP contribution in [0.1, 0.15) is 31.5 Å². The molecule has 1 aliphatic carbocycles. The van der Waals surface area contributed by atoms with Crippen LogP contribution in [0.4, 0.5) is 5.82 Å². The lowest BCUT2D eigenvalue weighted by Gasteiger charge is -2.36. The largest absolute Gasteiger partial charge is 0.354 e. The van der Waals surface area contributed by atoms with Gasteiger partial charge in [0.05, 0.1) is 6.20 Å². The van der Waals surface area contributed by atoms with Crippen molar-refractivity contribution < 1.29 is 8.42 Å². The molecule has 2 atom stereocenters. The molecule has 0 unspecified atom stereocenters. The fraction of sp³-hybridized carbons (Fsp3) is 0.765. The quantitative estimate of drug-likeness (QED) is 0.820. The van der Waals surface area contributed by atoms with Gasteiger partial charge in [0.1, 0.15) is 10.7 Å². The fourth-order valence-electron chi connectivity index (χ4n) is 4.14. The van der Waals surface area contributed by atoms with Gasteiger partial charge in [0, 0.05) is 38.5 Å². The molecule has 132 valence electrons. The highest BCUT2D eigenvalue weighted by Gasteiger charge is 2.38. The monoisotopic (exact) mass is 350 g/mol. The van der Waals surface area contributed by atoms with E-state index < -0.39 is 9.84 Å². The maximum atomic E-state index is 12.2. The molecule has 4 heterocycles. The zero-order valence-electron chi connectivity index (χ0n) is 14.5. The number of rotatable bonds is 4. The predicted octanol–water partition coefficient (Wildman–Crippen LogP) is 1.50. The van der Waals surface area contributed by atoms with Gasteiger partial charge >= 0.3 is 0 Å². The van der Waals surface area contributed by atoms with Crippen LogP contribution in [0.5, 0.6) is 0 Å². The van der Waals surface area contributed by atoms with E-state index in [2.05, 4.69) is 19.8 Å². The summed E-state index contributed by atoms with van der Waals surface area (Å²) in [5.74, 6) is 2.73. The lowest BCUT2D eigenvalue weighted by atomic mass is 9.95. The lowest BCUT2D eigenvalue weighted by molar-refractivity contribution is 0.128. The van der Waals surface area contributed by atoms with Crippen LogP contribution < -0.4 is 4.90 Å².